The molecule has 1 fully saturated rings. The maximum Gasteiger partial charge on any atom is 0.152 e. The van der Waals surface area contributed by atoms with Gasteiger partial charge in [-0.05, 0) is 31.2 Å². The number of halogens is 1. The van der Waals surface area contributed by atoms with E-state index in [0.717, 1.165) is 19.3 Å². The largest absolute Gasteiger partial charge is 0.492 e. The van der Waals surface area contributed by atoms with E-state index >= 15 is 0 Å². The molecule has 0 aromatic carbocycles. The maximum absolute atomic E-state index is 14.7. The molecule has 3 nitrogen and oxygen atoms in total. The van der Waals surface area contributed by atoms with Crippen LogP contribution in [0.3, 0.4) is 0 Å². The van der Waals surface area contributed by atoms with Gasteiger partial charge in [0.1, 0.15) is 5.75 Å². The number of alkyl halides is 1. The summed E-state index contributed by atoms with van der Waals surface area (Å²) in [6, 6.07) is 1.73. The molecular weight excluding hydrogens is 219 g/mol. The third kappa shape index (κ3) is 2.57. The van der Waals surface area contributed by atoms with Crippen molar-refractivity contribution in [3.05, 3.63) is 24.0 Å². The topological polar surface area (TPSA) is 48.1 Å². The molecule has 17 heavy (non-hydrogen) atoms. The van der Waals surface area contributed by atoms with Crippen LogP contribution in [0.5, 0.6) is 5.75 Å². The van der Waals surface area contributed by atoms with Gasteiger partial charge in [0.2, 0.25) is 0 Å². The minimum atomic E-state index is -1.43. The van der Waals surface area contributed by atoms with Crippen molar-refractivity contribution in [3.63, 3.8) is 0 Å². The Morgan fingerprint density at radius 3 is 2.88 bits per heavy atom. The molecule has 1 aromatic rings. The lowest BCUT2D eigenvalue weighted by molar-refractivity contribution is 0.142. The van der Waals surface area contributed by atoms with Crippen LogP contribution in [-0.4, -0.2) is 18.1 Å². The molecule has 2 rings (SSSR count). The van der Waals surface area contributed by atoms with E-state index in [0.29, 0.717) is 17.9 Å². The summed E-state index contributed by atoms with van der Waals surface area (Å²) in [5, 5.41) is 0. The number of hydrogen-bond donors (Lipinski definition) is 1. The number of hydrogen-bond acceptors (Lipinski definition) is 3. The van der Waals surface area contributed by atoms with Gasteiger partial charge in [-0.3, -0.25) is 4.98 Å². The first-order chi connectivity index (χ1) is 8.20. The molecule has 0 radical (unpaired) electrons. The minimum absolute atomic E-state index is 0.0105. The highest BCUT2D eigenvalue weighted by atomic mass is 19.1. The van der Waals surface area contributed by atoms with Gasteiger partial charge in [-0.2, -0.15) is 0 Å². The van der Waals surface area contributed by atoms with Crippen LogP contribution in [0.4, 0.5) is 4.39 Å². The van der Waals surface area contributed by atoms with E-state index < -0.39 is 5.67 Å². The van der Waals surface area contributed by atoms with Crippen LogP contribution < -0.4 is 10.5 Å². The molecule has 1 unspecified atom stereocenters. The molecule has 2 N–H and O–H groups in total. The first kappa shape index (κ1) is 12.3. The van der Waals surface area contributed by atoms with Crippen LogP contribution >= 0.6 is 0 Å². The minimum Gasteiger partial charge on any atom is -0.492 e. The predicted octanol–water partition coefficient (Wildman–Crippen LogP) is 2.40. The monoisotopic (exact) mass is 238 g/mol. The molecule has 0 saturated heterocycles. The Hall–Kier alpha value is -1.16. The molecule has 1 atom stereocenters. The second-order valence-electron chi connectivity index (χ2n) is 4.60. The number of nitrogens with two attached hydrogens (primary N) is 1. The third-order valence-corrected chi connectivity index (χ3v) is 3.19. The highest BCUT2D eigenvalue weighted by molar-refractivity contribution is 5.30. The van der Waals surface area contributed by atoms with Gasteiger partial charge in [-0.15, -0.1) is 0 Å². The van der Waals surface area contributed by atoms with E-state index in [-0.39, 0.29) is 12.5 Å². The highest BCUT2D eigenvalue weighted by Crippen LogP contribution is 2.48. The highest BCUT2D eigenvalue weighted by Gasteiger charge is 2.46. The van der Waals surface area contributed by atoms with Crippen molar-refractivity contribution in [2.45, 2.75) is 31.9 Å². The Kier molecular flexibility index (Phi) is 3.62. The Bertz CT molecular complexity index is 381. The van der Waals surface area contributed by atoms with Crippen molar-refractivity contribution in [2.75, 3.05) is 13.2 Å². The summed E-state index contributed by atoms with van der Waals surface area (Å²) in [4.78, 5) is 4.04. The number of ether oxygens (including phenoxy) is 1. The smallest absolute Gasteiger partial charge is 0.152 e. The molecule has 1 aliphatic carbocycles. The third-order valence-electron chi connectivity index (χ3n) is 3.19. The zero-order chi connectivity index (χ0) is 12.3. The number of rotatable bonds is 6. The molecule has 94 valence electrons. The summed E-state index contributed by atoms with van der Waals surface area (Å²) in [6.45, 7) is 2.66. The summed E-state index contributed by atoms with van der Waals surface area (Å²) >= 11 is 0. The Morgan fingerprint density at radius 2 is 2.29 bits per heavy atom. The van der Waals surface area contributed by atoms with Gasteiger partial charge in [-0.1, -0.05) is 6.92 Å². The normalized spacial score (nSPS) is 18.8. The van der Waals surface area contributed by atoms with Gasteiger partial charge in [0.25, 0.3) is 0 Å². The average molecular weight is 238 g/mol. The first-order valence-corrected chi connectivity index (χ1v) is 6.18. The van der Waals surface area contributed by atoms with E-state index in [2.05, 4.69) is 4.98 Å². The molecule has 1 aliphatic rings. The molecule has 1 saturated carbocycles. The van der Waals surface area contributed by atoms with Crippen molar-refractivity contribution >= 4 is 0 Å². The van der Waals surface area contributed by atoms with Gasteiger partial charge >= 0.3 is 0 Å². The molecular formula is C13H19FN2O. The van der Waals surface area contributed by atoms with Gasteiger partial charge in [0.05, 0.1) is 12.8 Å². The Labute approximate surface area is 101 Å². The summed E-state index contributed by atoms with van der Waals surface area (Å²) in [5.41, 5.74) is 4.71. The van der Waals surface area contributed by atoms with Gasteiger partial charge < -0.3 is 10.5 Å². The van der Waals surface area contributed by atoms with Crippen LogP contribution in [0.25, 0.3) is 0 Å². The molecule has 0 amide bonds. The second kappa shape index (κ2) is 5.00. The lowest BCUT2D eigenvalue weighted by Crippen LogP contribution is -2.32. The molecule has 0 aliphatic heterocycles. The van der Waals surface area contributed by atoms with E-state index in [1.54, 1.807) is 18.5 Å². The van der Waals surface area contributed by atoms with Crippen LogP contribution in [0, 0.1) is 5.92 Å². The second-order valence-corrected chi connectivity index (χ2v) is 4.60. The SMILES string of the molecule is CCCOc1cncc(C(F)(CN)C2CC2)c1. The first-order valence-electron chi connectivity index (χ1n) is 6.18. The van der Waals surface area contributed by atoms with Crippen LogP contribution in [0.2, 0.25) is 0 Å². The van der Waals surface area contributed by atoms with Crippen molar-refractivity contribution in [1.82, 2.24) is 4.98 Å². The van der Waals surface area contributed by atoms with Crippen molar-refractivity contribution < 1.29 is 9.13 Å². The lowest BCUT2D eigenvalue weighted by Gasteiger charge is -2.23. The summed E-state index contributed by atoms with van der Waals surface area (Å²) in [7, 11) is 0. The van der Waals surface area contributed by atoms with Gasteiger partial charge in [-0.25, -0.2) is 4.39 Å². The predicted molar refractivity (Wildman–Crippen MR) is 64.6 cm³/mol. The Balaban J connectivity index is 2.19. The zero-order valence-electron chi connectivity index (χ0n) is 10.2. The number of nitrogens with zero attached hydrogens (tertiary/aromatic N) is 1. The Morgan fingerprint density at radius 1 is 1.53 bits per heavy atom. The average Bonchev–Trinajstić information content (AvgIpc) is 3.20. The molecule has 1 aromatic heterocycles. The van der Waals surface area contributed by atoms with Crippen molar-refractivity contribution in [2.24, 2.45) is 11.7 Å². The summed E-state index contributed by atoms with van der Waals surface area (Å²) in [5.74, 6) is 0.677. The van der Waals surface area contributed by atoms with Crippen LogP contribution in [0.1, 0.15) is 31.7 Å². The maximum atomic E-state index is 14.7. The van der Waals surface area contributed by atoms with Crippen LogP contribution in [-0.2, 0) is 5.67 Å². The van der Waals surface area contributed by atoms with Crippen molar-refractivity contribution in [1.29, 1.82) is 0 Å². The fraction of sp³-hybridized carbons (Fsp3) is 0.615. The van der Waals surface area contributed by atoms with E-state index in [1.165, 1.54) is 0 Å². The van der Waals surface area contributed by atoms with E-state index in [4.69, 9.17) is 10.5 Å². The number of pyridine rings is 1. The quantitative estimate of drug-likeness (QED) is 0.828. The summed E-state index contributed by atoms with van der Waals surface area (Å²) < 4.78 is 20.2. The standard InChI is InChI=1S/C13H19FN2O/c1-2-5-17-12-6-11(7-16-8-12)13(14,9-15)10-3-4-10/h6-8,10H,2-5,9,15H2,1H3. The van der Waals surface area contributed by atoms with E-state index in [9.17, 15) is 4.39 Å². The fourth-order valence-electron chi connectivity index (χ4n) is 2.01. The molecule has 0 spiro atoms. The molecule has 4 heteroatoms. The van der Waals surface area contributed by atoms with Crippen molar-refractivity contribution in [3.8, 4) is 5.75 Å². The fourth-order valence-corrected chi connectivity index (χ4v) is 2.01. The van der Waals surface area contributed by atoms with Gasteiger partial charge in [0, 0.05) is 18.3 Å². The molecule has 1 heterocycles. The number of aromatic nitrogens is 1. The zero-order valence-corrected chi connectivity index (χ0v) is 10.2. The van der Waals surface area contributed by atoms with Gasteiger partial charge in [0.15, 0.2) is 5.67 Å². The molecule has 0 bridgehead atoms. The summed E-state index contributed by atoms with van der Waals surface area (Å²) in [6.07, 6.45) is 5.92. The van der Waals surface area contributed by atoms with Crippen LogP contribution in [0.15, 0.2) is 18.5 Å². The lowest BCUT2D eigenvalue weighted by atomic mass is 9.92. The van der Waals surface area contributed by atoms with E-state index in [1.807, 2.05) is 6.92 Å².